The average molecular weight is 338 g/mol. The summed E-state index contributed by atoms with van der Waals surface area (Å²) < 4.78 is 1.02. The Labute approximate surface area is 126 Å². The Hall–Kier alpha value is -1.13. The Morgan fingerprint density at radius 3 is 2.84 bits per heavy atom. The fourth-order valence-corrected chi connectivity index (χ4v) is 2.96. The van der Waals surface area contributed by atoms with Crippen LogP contribution >= 0.6 is 27.3 Å². The summed E-state index contributed by atoms with van der Waals surface area (Å²) in [5.74, 6) is -0.0142. The molecule has 0 spiro atoms. The second-order valence-corrected chi connectivity index (χ2v) is 6.51. The van der Waals surface area contributed by atoms with Crippen molar-refractivity contribution >= 4 is 33.2 Å². The van der Waals surface area contributed by atoms with Crippen molar-refractivity contribution in [3.05, 3.63) is 56.2 Å². The van der Waals surface area contributed by atoms with E-state index in [0.29, 0.717) is 5.56 Å². The molecule has 0 aliphatic carbocycles. The molecule has 0 aliphatic rings. The molecule has 2 aromatic rings. The zero-order valence-electron chi connectivity index (χ0n) is 10.9. The number of hydrogen-bond donors (Lipinski definition) is 1. The predicted octanol–water partition coefficient (Wildman–Crippen LogP) is 4.18. The highest BCUT2D eigenvalue weighted by Gasteiger charge is 2.11. The van der Waals surface area contributed by atoms with Gasteiger partial charge in [-0.05, 0) is 49.1 Å². The number of carbonyl (C=O) groups excluding carboxylic acids is 1. The summed E-state index contributed by atoms with van der Waals surface area (Å²) in [6, 6.07) is 9.91. The monoisotopic (exact) mass is 337 g/mol. The molecule has 1 aromatic heterocycles. The van der Waals surface area contributed by atoms with Gasteiger partial charge in [0.25, 0.3) is 5.91 Å². The lowest BCUT2D eigenvalue weighted by Crippen LogP contribution is -2.33. The molecule has 100 valence electrons. The summed E-state index contributed by atoms with van der Waals surface area (Å²) in [6.07, 6.45) is 0.874. The van der Waals surface area contributed by atoms with E-state index in [0.717, 1.165) is 16.5 Å². The van der Waals surface area contributed by atoms with Gasteiger partial charge < -0.3 is 5.32 Å². The minimum atomic E-state index is -0.0142. The summed E-state index contributed by atoms with van der Waals surface area (Å²) in [5.41, 5.74) is 1.78. The molecule has 19 heavy (non-hydrogen) atoms. The van der Waals surface area contributed by atoms with Gasteiger partial charge in [-0.1, -0.05) is 22.0 Å². The highest BCUT2D eigenvalue weighted by atomic mass is 79.9. The van der Waals surface area contributed by atoms with E-state index in [1.54, 1.807) is 11.3 Å². The molecule has 2 rings (SSSR count). The predicted molar refractivity (Wildman–Crippen MR) is 83.8 cm³/mol. The van der Waals surface area contributed by atoms with Gasteiger partial charge in [-0.25, -0.2) is 0 Å². The largest absolute Gasteiger partial charge is 0.349 e. The lowest BCUT2D eigenvalue weighted by molar-refractivity contribution is 0.0940. The summed E-state index contributed by atoms with van der Waals surface area (Å²) >= 11 is 5.16. The number of aryl methyl sites for hydroxylation is 1. The van der Waals surface area contributed by atoms with Gasteiger partial charge in [0, 0.05) is 27.4 Å². The maximum atomic E-state index is 12.1. The lowest BCUT2D eigenvalue weighted by Gasteiger charge is -2.13. The van der Waals surface area contributed by atoms with Crippen LogP contribution in [0.15, 0.2) is 40.2 Å². The molecular formula is C15H16BrNOS. The van der Waals surface area contributed by atoms with E-state index in [2.05, 4.69) is 32.7 Å². The molecule has 0 fully saturated rings. The third kappa shape index (κ3) is 3.91. The van der Waals surface area contributed by atoms with E-state index in [-0.39, 0.29) is 11.9 Å². The molecular weight excluding hydrogens is 322 g/mol. The lowest BCUT2D eigenvalue weighted by atomic mass is 10.1. The Kier molecular flexibility index (Phi) is 4.77. The molecule has 0 saturated carbocycles. The van der Waals surface area contributed by atoms with Crippen LogP contribution in [0.4, 0.5) is 0 Å². The zero-order chi connectivity index (χ0) is 13.8. The molecule has 1 amide bonds. The standard InChI is InChI=1S/C15H16BrNOS/c1-10-8-12(5-6-14(10)16)15(18)17-11(2)9-13-4-3-7-19-13/h3-8,11H,9H2,1-2H3,(H,17,18). The number of carbonyl (C=O) groups is 1. The van der Waals surface area contributed by atoms with E-state index in [4.69, 9.17) is 0 Å². The quantitative estimate of drug-likeness (QED) is 0.890. The first-order chi connectivity index (χ1) is 9.06. The van der Waals surface area contributed by atoms with Crippen LogP contribution in [-0.2, 0) is 6.42 Å². The number of hydrogen-bond acceptors (Lipinski definition) is 2. The second-order valence-electron chi connectivity index (χ2n) is 4.62. The first kappa shape index (κ1) is 14.3. The van der Waals surface area contributed by atoms with Crippen LogP contribution in [0.3, 0.4) is 0 Å². The first-order valence-corrected chi connectivity index (χ1v) is 7.83. The van der Waals surface area contributed by atoms with Gasteiger partial charge >= 0.3 is 0 Å². The number of benzene rings is 1. The number of nitrogens with one attached hydrogen (secondary N) is 1. The van der Waals surface area contributed by atoms with Gasteiger partial charge in [0.1, 0.15) is 0 Å². The van der Waals surface area contributed by atoms with Crippen molar-refractivity contribution in [2.45, 2.75) is 26.3 Å². The second kappa shape index (κ2) is 6.35. The number of halogens is 1. The third-order valence-electron chi connectivity index (χ3n) is 2.89. The molecule has 1 aromatic carbocycles. The van der Waals surface area contributed by atoms with E-state index < -0.39 is 0 Å². The Morgan fingerprint density at radius 2 is 2.21 bits per heavy atom. The Balaban J connectivity index is 1.98. The third-order valence-corrected chi connectivity index (χ3v) is 4.67. The summed E-state index contributed by atoms with van der Waals surface area (Å²) in [7, 11) is 0. The molecule has 0 aliphatic heterocycles. The fraction of sp³-hybridized carbons (Fsp3) is 0.267. The van der Waals surface area contributed by atoms with Crippen molar-refractivity contribution in [3.8, 4) is 0 Å². The summed E-state index contributed by atoms with van der Waals surface area (Å²) in [6.45, 7) is 4.01. The van der Waals surface area contributed by atoms with Crippen molar-refractivity contribution in [1.82, 2.24) is 5.32 Å². The molecule has 1 unspecified atom stereocenters. The first-order valence-electron chi connectivity index (χ1n) is 6.15. The van der Waals surface area contributed by atoms with Crippen LogP contribution in [0.1, 0.15) is 27.7 Å². The number of thiophene rings is 1. The Morgan fingerprint density at radius 1 is 1.42 bits per heavy atom. The maximum absolute atomic E-state index is 12.1. The highest BCUT2D eigenvalue weighted by Crippen LogP contribution is 2.17. The molecule has 0 saturated heterocycles. The molecule has 0 radical (unpaired) electrons. The van der Waals surface area contributed by atoms with Gasteiger partial charge in [0.15, 0.2) is 0 Å². The number of amides is 1. The molecule has 1 N–H and O–H groups in total. The average Bonchev–Trinajstić information content (AvgIpc) is 2.85. The van der Waals surface area contributed by atoms with Crippen LogP contribution in [0, 0.1) is 6.92 Å². The van der Waals surface area contributed by atoms with Crippen molar-refractivity contribution in [3.63, 3.8) is 0 Å². The summed E-state index contributed by atoms with van der Waals surface area (Å²) in [4.78, 5) is 13.4. The van der Waals surface area contributed by atoms with E-state index in [1.165, 1.54) is 4.88 Å². The number of rotatable bonds is 4. The van der Waals surface area contributed by atoms with Crippen molar-refractivity contribution < 1.29 is 4.79 Å². The fourth-order valence-electron chi connectivity index (χ4n) is 1.87. The van der Waals surface area contributed by atoms with Crippen LogP contribution in [0.25, 0.3) is 0 Å². The van der Waals surface area contributed by atoms with Gasteiger partial charge in [-0.2, -0.15) is 0 Å². The topological polar surface area (TPSA) is 29.1 Å². The smallest absolute Gasteiger partial charge is 0.251 e. The minimum absolute atomic E-state index is 0.0142. The molecule has 4 heteroatoms. The van der Waals surface area contributed by atoms with Crippen LogP contribution in [0.5, 0.6) is 0 Å². The molecule has 2 nitrogen and oxygen atoms in total. The van der Waals surface area contributed by atoms with Crippen molar-refractivity contribution in [1.29, 1.82) is 0 Å². The SMILES string of the molecule is Cc1cc(C(=O)NC(C)Cc2cccs2)ccc1Br. The van der Waals surface area contributed by atoms with Gasteiger partial charge in [0.2, 0.25) is 0 Å². The van der Waals surface area contributed by atoms with Gasteiger partial charge in [-0.3, -0.25) is 4.79 Å². The van der Waals surface area contributed by atoms with Gasteiger partial charge in [0.05, 0.1) is 0 Å². The highest BCUT2D eigenvalue weighted by molar-refractivity contribution is 9.10. The van der Waals surface area contributed by atoms with E-state index in [9.17, 15) is 4.79 Å². The molecule has 1 atom stereocenters. The Bertz CT molecular complexity index is 566. The van der Waals surface area contributed by atoms with Crippen LogP contribution in [-0.4, -0.2) is 11.9 Å². The normalized spacial score (nSPS) is 12.2. The van der Waals surface area contributed by atoms with Crippen LogP contribution in [0.2, 0.25) is 0 Å². The van der Waals surface area contributed by atoms with Crippen molar-refractivity contribution in [2.24, 2.45) is 0 Å². The molecule has 1 heterocycles. The van der Waals surface area contributed by atoms with E-state index >= 15 is 0 Å². The molecule has 0 bridgehead atoms. The minimum Gasteiger partial charge on any atom is -0.349 e. The van der Waals surface area contributed by atoms with Crippen LogP contribution < -0.4 is 5.32 Å². The maximum Gasteiger partial charge on any atom is 0.251 e. The van der Waals surface area contributed by atoms with Crippen molar-refractivity contribution in [2.75, 3.05) is 0 Å². The summed E-state index contributed by atoms with van der Waals surface area (Å²) in [5, 5.41) is 5.09. The van der Waals surface area contributed by atoms with Gasteiger partial charge in [-0.15, -0.1) is 11.3 Å². The van der Waals surface area contributed by atoms with E-state index in [1.807, 2.05) is 38.1 Å². The zero-order valence-corrected chi connectivity index (χ0v) is 13.3.